The minimum Gasteiger partial charge on any atom is -0.466 e. The van der Waals surface area contributed by atoms with Crippen molar-refractivity contribution in [1.82, 2.24) is 4.90 Å². The zero-order chi connectivity index (χ0) is 13.8. The fourth-order valence-electron chi connectivity index (χ4n) is 2.19. The van der Waals surface area contributed by atoms with E-state index in [1.165, 1.54) is 0 Å². The van der Waals surface area contributed by atoms with E-state index in [9.17, 15) is 9.59 Å². The van der Waals surface area contributed by atoms with Gasteiger partial charge >= 0.3 is 5.97 Å². The van der Waals surface area contributed by atoms with Crippen molar-refractivity contribution in [2.24, 2.45) is 11.3 Å². The van der Waals surface area contributed by atoms with E-state index < -0.39 is 0 Å². The summed E-state index contributed by atoms with van der Waals surface area (Å²) >= 11 is 0. The Kier molecular flexibility index (Phi) is 5.17. The van der Waals surface area contributed by atoms with Gasteiger partial charge < -0.3 is 9.64 Å². The van der Waals surface area contributed by atoms with Crippen LogP contribution in [0.15, 0.2) is 0 Å². The number of carbonyl (C=O) groups excluding carboxylic acids is 2. The molecule has 1 amide bonds. The van der Waals surface area contributed by atoms with Crippen LogP contribution in [0.25, 0.3) is 0 Å². The molecule has 0 N–H and O–H groups in total. The number of rotatable bonds is 4. The second-order valence-corrected chi connectivity index (χ2v) is 5.58. The van der Waals surface area contributed by atoms with Crippen LogP contribution in [0.3, 0.4) is 0 Å². The van der Waals surface area contributed by atoms with E-state index in [2.05, 4.69) is 0 Å². The van der Waals surface area contributed by atoms with Crippen molar-refractivity contribution in [3.63, 3.8) is 0 Å². The molecular formula is C14H25NO3. The second-order valence-electron chi connectivity index (χ2n) is 5.58. The third-order valence-corrected chi connectivity index (χ3v) is 3.79. The third kappa shape index (κ3) is 3.47. The predicted octanol–water partition coefficient (Wildman–Crippen LogP) is 2.22. The van der Waals surface area contributed by atoms with Crippen LogP contribution in [0.2, 0.25) is 0 Å². The van der Waals surface area contributed by atoms with Gasteiger partial charge in [0.25, 0.3) is 0 Å². The SMILES string of the molecule is CCOC(=O)[C@@H]1CCCN(C(=O)C(C)(C)CC)C1. The van der Waals surface area contributed by atoms with Gasteiger partial charge in [-0.25, -0.2) is 0 Å². The largest absolute Gasteiger partial charge is 0.466 e. The first kappa shape index (κ1) is 15.0. The molecule has 1 aliphatic rings. The molecule has 1 aliphatic heterocycles. The number of esters is 1. The van der Waals surface area contributed by atoms with E-state index in [0.717, 1.165) is 25.8 Å². The van der Waals surface area contributed by atoms with Crippen LogP contribution in [-0.2, 0) is 14.3 Å². The number of hydrogen-bond donors (Lipinski definition) is 0. The summed E-state index contributed by atoms with van der Waals surface area (Å²) in [5, 5.41) is 0. The summed E-state index contributed by atoms with van der Waals surface area (Å²) in [6.45, 7) is 9.43. The highest BCUT2D eigenvalue weighted by Crippen LogP contribution is 2.27. The van der Waals surface area contributed by atoms with Crippen molar-refractivity contribution in [3.05, 3.63) is 0 Å². The van der Waals surface area contributed by atoms with E-state index in [4.69, 9.17) is 4.74 Å². The second kappa shape index (κ2) is 6.21. The topological polar surface area (TPSA) is 46.6 Å². The molecular weight excluding hydrogens is 230 g/mol. The van der Waals surface area contributed by atoms with Gasteiger partial charge in [0.05, 0.1) is 12.5 Å². The predicted molar refractivity (Wildman–Crippen MR) is 70.0 cm³/mol. The molecule has 0 radical (unpaired) electrons. The maximum atomic E-state index is 12.4. The number of hydrogen-bond acceptors (Lipinski definition) is 3. The summed E-state index contributed by atoms with van der Waals surface area (Å²) in [6.07, 6.45) is 2.52. The molecule has 0 saturated carbocycles. The van der Waals surface area contributed by atoms with Gasteiger partial charge in [0.2, 0.25) is 5.91 Å². The monoisotopic (exact) mass is 255 g/mol. The number of nitrogens with zero attached hydrogens (tertiary/aromatic N) is 1. The van der Waals surface area contributed by atoms with E-state index in [1.54, 1.807) is 0 Å². The molecule has 1 rings (SSSR count). The number of likely N-dealkylation sites (tertiary alicyclic amines) is 1. The maximum Gasteiger partial charge on any atom is 0.310 e. The van der Waals surface area contributed by atoms with Crippen LogP contribution in [0.4, 0.5) is 0 Å². The van der Waals surface area contributed by atoms with Crippen molar-refractivity contribution in [1.29, 1.82) is 0 Å². The van der Waals surface area contributed by atoms with Crippen molar-refractivity contribution in [3.8, 4) is 0 Å². The van der Waals surface area contributed by atoms with Gasteiger partial charge in [-0.3, -0.25) is 9.59 Å². The highest BCUT2D eigenvalue weighted by molar-refractivity contribution is 5.83. The molecule has 0 spiro atoms. The van der Waals surface area contributed by atoms with E-state index in [0.29, 0.717) is 13.2 Å². The first-order valence-electron chi connectivity index (χ1n) is 6.88. The minimum atomic E-state index is -0.337. The highest BCUT2D eigenvalue weighted by atomic mass is 16.5. The first-order chi connectivity index (χ1) is 8.42. The summed E-state index contributed by atoms with van der Waals surface area (Å²) in [4.78, 5) is 25.9. The normalized spacial score (nSPS) is 20.7. The van der Waals surface area contributed by atoms with Crippen molar-refractivity contribution >= 4 is 11.9 Å². The zero-order valence-electron chi connectivity index (χ0n) is 12.0. The van der Waals surface area contributed by atoms with Crippen LogP contribution < -0.4 is 0 Å². The zero-order valence-corrected chi connectivity index (χ0v) is 12.0. The van der Waals surface area contributed by atoms with Gasteiger partial charge in [0.15, 0.2) is 0 Å². The Morgan fingerprint density at radius 1 is 1.33 bits per heavy atom. The average molecular weight is 255 g/mol. The molecule has 1 heterocycles. The standard InChI is InChI=1S/C14H25NO3/c1-5-14(3,4)13(17)15-9-7-8-11(10-15)12(16)18-6-2/h11H,5-10H2,1-4H3/t11-/m1/s1. The molecule has 104 valence electrons. The maximum absolute atomic E-state index is 12.4. The molecule has 0 bridgehead atoms. The Bertz CT molecular complexity index is 312. The quantitative estimate of drug-likeness (QED) is 0.724. The van der Waals surface area contributed by atoms with Crippen molar-refractivity contribution < 1.29 is 14.3 Å². The number of amides is 1. The molecule has 4 nitrogen and oxygen atoms in total. The lowest BCUT2D eigenvalue weighted by molar-refractivity contribution is -0.153. The lowest BCUT2D eigenvalue weighted by Gasteiger charge is -2.36. The molecule has 1 atom stereocenters. The summed E-state index contributed by atoms with van der Waals surface area (Å²) in [5.41, 5.74) is -0.337. The number of carbonyl (C=O) groups is 2. The Labute approximate surface area is 110 Å². The Balaban J connectivity index is 2.64. The molecule has 0 unspecified atom stereocenters. The molecule has 0 aromatic carbocycles. The summed E-state index contributed by atoms with van der Waals surface area (Å²) in [7, 11) is 0. The van der Waals surface area contributed by atoms with Crippen LogP contribution in [-0.4, -0.2) is 36.5 Å². The molecule has 4 heteroatoms. The summed E-state index contributed by atoms with van der Waals surface area (Å²) in [6, 6.07) is 0. The number of ether oxygens (including phenoxy) is 1. The minimum absolute atomic E-state index is 0.143. The number of piperidine rings is 1. The van der Waals surface area contributed by atoms with Crippen molar-refractivity contribution in [2.45, 2.75) is 47.0 Å². The van der Waals surface area contributed by atoms with Crippen LogP contribution in [0.1, 0.15) is 47.0 Å². The summed E-state index contributed by atoms with van der Waals surface area (Å²) in [5.74, 6) is -0.154. The molecule has 0 aromatic rings. The van der Waals surface area contributed by atoms with Crippen LogP contribution >= 0.6 is 0 Å². The molecule has 0 aromatic heterocycles. The Morgan fingerprint density at radius 3 is 2.56 bits per heavy atom. The van der Waals surface area contributed by atoms with Crippen LogP contribution in [0, 0.1) is 11.3 Å². The lowest BCUT2D eigenvalue weighted by atomic mass is 9.87. The Morgan fingerprint density at radius 2 is 2.00 bits per heavy atom. The molecule has 1 saturated heterocycles. The molecule has 18 heavy (non-hydrogen) atoms. The van der Waals surface area contributed by atoms with E-state index in [1.807, 2.05) is 32.6 Å². The molecule has 0 aliphatic carbocycles. The van der Waals surface area contributed by atoms with Gasteiger partial charge in [0.1, 0.15) is 0 Å². The fraction of sp³-hybridized carbons (Fsp3) is 0.857. The molecule has 1 fully saturated rings. The average Bonchev–Trinajstić information content (AvgIpc) is 2.38. The van der Waals surface area contributed by atoms with Gasteiger partial charge in [-0.2, -0.15) is 0 Å². The smallest absolute Gasteiger partial charge is 0.310 e. The van der Waals surface area contributed by atoms with Gasteiger partial charge in [-0.15, -0.1) is 0 Å². The van der Waals surface area contributed by atoms with Crippen LogP contribution in [0.5, 0.6) is 0 Å². The van der Waals surface area contributed by atoms with E-state index in [-0.39, 0.29) is 23.2 Å². The summed E-state index contributed by atoms with van der Waals surface area (Å²) < 4.78 is 5.04. The van der Waals surface area contributed by atoms with Gasteiger partial charge in [-0.05, 0) is 26.2 Å². The van der Waals surface area contributed by atoms with Gasteiger partial charge in [-0.1, -0.05) is 20.8 Å². The Hall–Kier alpha value is -1.06. The fourth-order valence-corrected chi connectivity index (χ4v) is 2.19. The first-order valence-corrected chi connectivity index (χ1v) is 6.88. The highest BCUT2D eigenvalue weighted by Gasteiger charge is 2.35. The van der Waals surface area contributed by atoms with E-state index >= 15 is 0 Å². The lowest BCUT2D eigenvalue weighted by Crippen LogP contribution is -2.47. The third-order valence-electron chi connectivity index (χ3n) is 3.79. The van der Waals surface area contributed by atoms with Crippen molar-refractivity contribution in [2.75, 3.05) is 19.7 Å². The van der Waals surface area contributed by atoms with Gasteiger partial charge in [0, 0.05) is 18.5 Å².